The fourth-order valence-electron chi connectivity index (χ4n) is 3.22. The number of benzene rings is 1. The number of allylic oxidation sites excluding steroid dienone is 3. The Morgan fingerprint density at radius 1 is 1.20 bits per heavy atom. The van der Waals surface area contributed by atoms with Gasteiger partial charge in [-0.05, 0) is 62.8 Å². The average Bonchev–Trinajstić information content (AvgIpc) is 2.74. The Kier molecular flexibility index (Phi) is 10.9. The highest BCUT2D eigenvalue weighted by Crippen LogP contribution is 2.18. The normalized spacial score (nSPS) is 20.8. The van der Waals surface area contributed by atoms with Crippen molar-refractivity contribution in [2.45, 2.75) is 72.1 Å². The maximum absolute atomic E-state index is 5.98. The fraction of sp³-hybridized carbons (Fsp3) is 0.538. The third kappa shape index (κ3) is 9.29. The highest BCUT2D eigenvalue weighted by Gasteiger charge is 2.17. The summed E-state index contributed by atoms with van der Waals surface area (Å²) in [5.74, 6) is 1.33. The Morgan fingerprint density at radius 2 is 1.97 bits per heavy atom. The SMILES string of the molecule is CCC(=C/[C@H](C)CCOCc1ccc(OC)cc1)/C=C/[C@H]1CC=CC(OC(C)C)O1. The number of methoxy groups -OCH3 is 1. The molecule has 0 fully saturated rings. The fourth-order valence-corrected chi connectivity index (χ4v) is 3.22. The highest BCUT2D eigenvalue weighted by atomic mass is 16.7. The zero-order chi connectivity index (χ0) is 21.8. The summed E-state index contributed by atoms with van der Waals surface area (Å²) < 4.78 is 22.8. The summed E-state index contributed by atoms with van der Waals surface area (Å²) >= 11 is 0. The monoisotopic (exact) mass is 414 g/mol. The first kappa shape index (κ1) is 24.4. The molecule has 1 aliphatic heterocycles. The third-order valence-electron chi connectivity index (χ3n) is 4.95. The van der Waals surface area contributed by atoms with Crippen LogP contribution >= 0.6 is 0 Å². The molecule has 0 saturated carbocycles. The molecule has 1 unspecified atom stereocenters. The smallest absolute Gasteiger partial charge is 0.177 e. The van der Waals surface area contributed by atoms with E-state index in [-0.39, 0.29) is 18.5 Å². The van der Waals surface area contributed by atoms with Gasteiger partial charge in [0.05, 0.1) is 25.9 Å². The van der Waals surface area contributed by atoms with E-state index in [2.05, 4.69) is 38.2 Å². The lowest BCUT2D eigenvalue weighted by Gasteiger charge is -2.25. The van der Waals surface area contributed by atoms with E-state index in [0.29, 0.717) is 12.5 Å². The van der Waals surface area contributed by atoms with Gasteiger partial charge in [0, 0.05) is 6.61 Å². The lowest BCUT2D eigenvalue weighted by Crippen LogP contribution is -2.27. The minimum Gasteiger partial charge on any atom is -0.497 e. The average molecular weight is 415 g/mol. The van der Waals surface area contributed by atoms with Gasteiger partial charge >= 0.3 is 0 Å². The third-order valence-corrected chi connectivity index (χ3v) is 4.95. The molecule has 1 aromatic carbocycles. The summed E-state index contributed by atoms with van der Waals surface area (Å²) in [5.41, 5.74) is 2.49. The first-order chi connectivity index (χ1) is 14.5. The molecule has 1 heterocycles. The van der Waals surface area contributed by atoms with Crippen molar-refractivity contribution in [3.05, 3.63) is 65.8 Å². The van der Waals surface area contributed by atoms with Gasteiger partial charge in [0.2, 0.25) is 0 Å². The van der Waals surface area contributed by atoms with Crippen LogP contribution in [-0.4, -0.2) is 32.2 Å². The quantitative estimate of drug-likeness (QED) is 0.231. The highest BCUT2D eigenvalue weighted by molar-refractivity contribution is 5.26. The zero-order valence-electron chi connectivity index (χ0n) is 19.2. The Bertz CT molecular complexity index is 687. The van der Waals surface area contributed by atoms with Crippen molar-refractivity contribution in [2.75, 3.05) is 13.7 Å². The molecule has 4 nitrogen and oxygen atoms in total. The predicted octanol–water partition coefficient (Wildman–Crippen LogP) is 6.23. The number of ether oxygens (including phenoxy) is 4. The van der Waals surface area contributed by atoms with E-state index in [0.717, 1.165) is 37.2 Å². The Balaban J connectivity index is 1.74. The van der Waals surface area contributed by atoms with E-state index < -0.39 is 0 Å². The zero-order valence-corrected chi connectivity index (χ0v) is 19.2. The molecule has 2 rings (SSSR count). The maximum Gasteiger partial charge on any atom is 0.177 e. The van der Waals surface area contributed by atoms with Crippen LogP contribution in [0.3, 0.4) is 0 Å². The summed E-state index contributed by atoms with van der Waals surface area (Å²) in [6.45, 7) is 9.86. The molecule has 3 atom stereocenters. The molecular formula is C26H38O4. The van der Waals surface area contributed by atoms with Gasteiger partial charge < -0.3 is 18.9 Å². The van der Waals surface area contributed by atoms with Crippen LogP contribution in [0.5, 0.6) is 5.75 Å². The van der Waals surface area contributed by atoms with Crippen molar-refractivity contribution >= 4 is 0 Å². The molecule has 0 aliphatic carbocycles. The van der Waals surface area contributed by atoms with Crippen LogP contribution in [0.15, 0.2) is 60.2 Å². The van der Waals surface area contributed by atoms with E-state index in [1.165, 1.54) is 5.57 Å². The topological polar surface area (TPSA) is 36.9 Å². The molecule has 0 spiro atoms. The van der Waals surface area contributed by atoms with Crippen LogP contribution in [0.25, 0.3) is 0 Å². The second-order valence-corrected chi connectivity index (χ2v) is 8.01. The lowest BCUT2D eigenvalue weighted by molar-refractivity contribution is -0.154. The van der Waals surface area contributed by atoms with Crippen molar-refractivity contribution < 1.29 is 18.9 Å². The number of rotatable bonds is 12. The lowest BCUT2D eigenvalue weighted by atomic mass is 10.0. The molecule has 0 bridgehead atoms. The predicted molar refractivity (Wildman–Crippen MR) is 123 cm³/mol. The molecular weight excluding hydrogens is 376 g/mol. The molecule has 30 heavy (non-hydrogen) atoms. The van der Waals surface area contributed by atoms with Gasteiger partial charge in [0.25, 0.3) is 0 Å². The van der Waals surface area contributed by atoms with E-state index in [4.69, 9.17) is 18.9 Å². The van der Waals surface area contributed by atoms with Crippen LogP contribution in [0.2, 0.25) is 0 Å². The summed E-state index contributed by atoms with van der Waals surface area (Å²) in [4.78, 5) is 0. The molecule has 166 valence electrons. The Morgan fingerprint density at radius 3 is 2.63 bits per heavy atom. The Hall–Kier alpha value is -1.88. The number of hydrogen-bond donors (Lipinski definition) is 0. The standard InChI is InChI=1S/C26H38O4/c1-6-22(10-15-25-8-7-9-26(30-25)29-20(2)3)18-21(4)16-17-28-19-23-11-13-24(27-5)14-12-23/h7,9-15,18,20-21,25-26H,6,8,16-17,19H2,1-5H3/b15-10+,22-18-/t21-,25-,26?/m1/s1. The molecule has 0 aromatic heterocycles. The van der Waals surface area contributed by atoms with Gasteiger partial charge in [0.1, 0.15) is 5.75 Å². The van der Waals surface area contributed by atoms with Gasteiger partial charge in [-0.1, -0.05) is 55.9 Å². The van der Waals surface area contributed by atoms with E-state index >= 15 is 0 Å². The minimum atomic E-state index is -0.246. The van der Waals surface area contributed by atoms with Gasteiger partial charge in [-0.15, -0.1) is 0 Å². The molecule has 1 aromatic rings. The van der Waals surface area contributed by atoms with Gasteiger partial charge in [-0.2, -0.15) is 0 Å². The summed E-state index contributed by atoms with van der Waals surface area (Å²) in [6, 6.07) is 8.02. The van der Waals surface area contributed by atoms with Crippen molar-refractivity contribution in [1.82, 2.24) is 0 Å². The second-order valence-electron chi connectivity index (χ2n) is 8.01. The van der Waals surface area contributed by atoms with Crippen LogP contribution in [-0.2, 0) is 20.8 Å². The maximum atomic E-state index is 5.98. The van der Waals surface area contributed by atoms with Crippen LogP contribution in [0.4, 0.5) is 0 Å². The molecule has 1 aliphatic rings. The molecule has 0 amide bonds. The second kappa shape index (κ2) is 13.4. The van der Waals surface area contributed by atoms with Crippen molar-refractivity contribution in [2.24, 2.45) is 5.92 Å². The van der Waals surface area contributed by atoms with Crippen molar-refractivity contribution in [3.63, 3.8) is 0 Å². The first-order valence-corrected chi connectivity index (χ1v) is 11.1. The largest absolute Gasteiger partial charge is 0.497 e. The summed E-state index contributed by atoms with van der Waals surface area (Å²) in [6.07, 6.45) is 13.7. The van der Waals surface area contributed by atoms with Crippen molar-refractivity contribution in [1.29, 1.82) is 0 Å². The van der Waals surface area contributed by atoms with E-state index in [1.54, 1.807) is 7.11 Å². The molecule has 0 N–H and O–H groups in total. The minimum absolute atomic E-state index is 0.0665. The number of hydrogen-bond acceptors (Lipinski definition) is 4. The van der Waals surface area contributed by atoms with Crippen LogP contribution in [0.1, 0.15) is 52.5 Å². The van der Waals surface area contributed by atoms with Crippen molar-refractivity contribution in [3.8, 4) is 5.75 Å². The summed E-state index contributed by atoms with van der Waals surface area (Å²) in [7, 11) is 1.68. The van der Waals surface area contributed by atoms with Gasteiger partial charge in [0.15, 0.2) is 6.29 Å². The van der Waals surface area contributed by atoms with E-state index in [9.17, 15) is 0 Å². The first-order valence-electron chi connectivity index (χ1n) is 11.1. The van der Waals surface area contributed by atoms with Gasteiger partial charge in [-0.3, -0.25) is 0 Å². The van der Waals surface area contributed by atoms with Crippen LogP contribution < -0.4 is 4.74 Å². The Labute approximate surface area is 182 Å². The molecule has 0 radical (unpaired) electrons. The molecule has 0 saturated heterocycles. The van der Waals surface area contributed by atoms with E-state index in [1.807, 2.05) is 44.2 Å². The summed E-state index contributed by atoms with van der Waals surface area (Å²) in [5, 5.41) is 0. The molecule has 4 heteroatoms. The van der Waals surface area contributed by atoms with Crippen LogP contribution in [0, 0.1) is 5.92 Å². The van der Waals surface area contributed by atoms with Gasteiger partial charge in [-0.25, -0.2) is 0 Å².